The highest BCUT2D eigenvalue weighted by atomic mass is 15.0. The van der Waals surface area contributed by atoms with Gasteiger partial charge in [-0.3, -0.25) is 0 Å². The van der Waals surface area contributed by atoms with Gasteiger partial charge in [-0.2, -0.15) is 0 Å². The minimum atomic E-state index is 0.586. The van der Waals surface area contributed by atoms with E-state index < -0.39 is 0 Å². The minimum Gasteiger partial charge on any atom is -0.382 e. The molecule has 3 rings (SSSR count). The lowest BCUT2D eigenvalue weighted by Gasteiger charge is -2.28. The molecule has 3 atom stereocenters. The zero-order chi connectivity index (χ0) is 13.9. The number of para-hydroxylation sites is 1. The van der Waals surface area contributed by atoms with Crippen LogP contribution in [-0.2, 0) is 0 Å². The standard InChI is InChI=1S/C18H28N2/c1-13(2)14-7-3-4-9-17(14)20-18-10-5-8-15(18)16-11-6-12-19-16/h3-4,7,9,13,15-16,18-20H,5-6,8,10-12H2,1-2H3. The summed E-state index contributed by atoms with van der Waals surface area (Å²) >= 11 is 0. The second-order valence-corrected chi connectivity index (χ2v) is 6.79. The van der Waals surface area contributed by atoms with Crippen LogP contribution in [-0.4, -0.2) is 18.6 Å². The van der Waals surface area contributed by atoms with Crippen molar-refractivity contribution in [3.8, 4) is 0 Å². The fraction of sp³-hybridized carbons (Fsp3) is 0.667. The summed E-state index contributed by atoms with van der Waals surface area (Å²) in [5.74, 6) is 1.40. The molecule has 0 spiro atoms. The molecule has 0 bridgehead atoms. The lowest BCUT2D eigenvalue weighted by atomic mass is 9.92. The molecule has 3 unspecified atom stereocenters. The van der Waals surface area contributed by atoms with Gasteiger partial charge in [0.15, 0.2) is 0 Å². The van der Waals surface area contributed by atoms with Crippen molar-refractivity contribution >= 4 is 5.69 Å². The summed E-state index contributed by atoms with van der Waals surface area (Å²) in [6, 6.07) is 10.3. The van der Waals surface area contributed by atoms with Gasteiger partial charge in [-0.25, -0.2) is 0 Å². The van der Waals surface area contributed by atoms with Crippen LogP contribution in [0.2, 0.25) is 0 Å². The van der Waals surface area contributed by atoms with Gasteiger partial charge in [-0.1, -0.05) is 38.5 Å². The SMILES string of the molecule is CC(C)c1ccccc1NC1CCCC1C1CCCN1. The van der Waals surface area contributed by atoms with E-state index >= 15 is 0 Å². The second kappa shape index (κ2) is 6.17. The number of hydrogen-bond donors (Lipinski definition) is 2. The number of rotatable bonds is 4. The molecule has 2 aliphatic rings. The van der Waals surface area contributed by atoms with Gasteiger partial charge in [0.05, 0.1) is 0 Å². The Morgan fingerprint density at radius 3 is 2.70 bits per heavy atom. The highest BCUT2D eigenvalue weighted by molar-refractivity contribution is 5.53. The highest BCUT2D eigenvalue weighted by Gasteiger charge is 2.35. The quantitative estimate of drug-likeness (QED) is 0.860. The molecule has 2 heteroatoms. The van der Waals surface area contributed by atoms with Crippen LogP contribution in [0.15, 0.2) is 24.3 Å². The molecule has 1 aliphatic carbocycles. The first-order valence-electron chi connectivity index (χ1n) is 8.34. The Kier molecular flexibility index (Phi) is 4.30. The van der Waals surface area contributed by atoms with Crippen molar-refractivity contribution in [1.82, 2.24) is 5.32 Å². The summed E-state index contributed by atoms with van der Waals surface area (Å²) in [6.07, 6.45) is 6.82. The lowest BCUT2D eigenvalue weighted by molar-refractivity contribution is 0.376. The fourth-order valence-electron chi connectivity index (χ4n) is 4.06. The van der Waals surface area contributed by atoms with Gasteiger partial charge in [0.25, 0.3) is 0 Å². The summed E-state index contributed by atoms with van der Waals surface area (Å²) in [5.41, 5.74) is 2.81. The van der Waals surface area contributed by atoms with Gasteiger partial charge in [0, 0.05) is 17.8 Å². The van der Waals surface area contributed by atoms with E-state index in [4.69, 9.17) is 0 Å². The molecule has 2 N–H and O–H groups in total. The normalized spacial score (nSPS) is 30.1. The predicted molar refractivity (Wildman–Crippen MR) is 86.3 cm³/mol. The third kappa shape index (κ3) is 2.85. The van der Waals surface area contributed by atoms with E-state index in [1.807, 2.05) is 0 Å². The minimum absolute atomic E-state index is 0.586. The highest BCUT2D eigenvalue weighted by Crippen LogP contribution is 2.35. The Labute approximate surface area is 123 Å². The van der Waals surface area contributed by atoms with Crippen molar-refractivity contribution in [2.45, 2.75) is 64.0 Å². The van der Waals surface area contributed by atoms with E-state index in [2.05, 4.69) is 48.7 Å². The van der Waals surface area contributed by atoms with Crippen molar-refractivity contribution < 1.29 is 0 Å². The maximum absolute atomic E-state index is 3.88. The van der Waals surface area contributed by atoms with Crippen molar-refractivity contribution in [3.63, 3.8) is 0 Å². The average Bonchev–Trinajstić information content (AvgIpc) is 3.09. The zero-order valence-electron chi connectivity index (χ0n) is 12.9. The Balaban J connectivity index is 1.73. The van der Waals surface area contributed by atoms with Crippen molar-refractivity contribution in [1.29, 1.82) is 0 Å². The molecular weight excluding hydrogens is 244 g/mol. The smallest absolute Gasteiger partial charge is 0.0377 e. The first kappa shape index (κ1) is 13.9. The van der Waals surface area contributed by atoms with E-state index in [0.29, 0.717) is 12.0 Å². The Hall–Kier alpha value is -1.02. The molecule has 2 nitrogen and oxygen atoms in total. The first-order valence-corrected chi connectivity index (χ1v) is 8.34. The number of nitrogens with one attached hydrogen (secondary N) is 2. The molecule has 0 amide bonds. The van der Waals surface area contributed by atoms with Crippen LogP contribution in [0.5, 0.6) is 0 Å². The first-order chi connectivity index (χ1) is 9.75. The summed E-state index contributed by atoms with van der Waals surface area (Å²) < 4.78 is 0. The van der Waals surface area contributed by atoms with E-state index in [1.165, 1.54) is 49.9 Å². The van der Waals surface area contributed by atoms with E-state index in [9.17, 15) is 0 Å². The molecule has 0 radical (unpaired) electrons. The summed E-state index contributed by atoms with van der Waals surface area (Å²) in [7, 11) is 0. The van der Waals surface area contributed by atoms with Crippen molar-refractivity contribution in [2.75, 3.05) is 11.9 Å². The fourth-order valence-corrected chi connectivity index (χ4v) is 4.06. The summed E-state index contributed by atoms with van der Waals surface area (Å²) in [5, 5.41) is 7.59. The number of hydrogen-bond acceptors (Lipinski definition) is 2. The van der Waals surface area contributed by atoms with Gasteiger partial charge in [-0.15, -0.1) is 0 Å². The molecule has 20 heavy (non-hydrogen) atoms. The van der Waals surface area contributed by atoms with E-state index in [1.54, 1.807) is 0 Å². The van der Waals surface area contributed by atoms with Crippen LogP contribution in [0.4, 0.5) is 5.69 Å². The molecule has 1 heterocycles. The van der Waals surface area contributed by atoms with Crippen molar-refractivity contribution in [3.05, 3.63) is 29.8 Å². The Bertz CT molecular complexity index is 435. The topological polar surface area (TPSA) is 24.1 Å². The van der Waals surface area contributed by atoms with E-state index in [0.717, 1.165) is 12.0 Å². The number of anilines is 1. The maximum atomic E-state index is 3.88. The van der Waals surface area contributed by atoms with Crippen LogP contribution >= 0.6 is 0 Å². The van der Waals surface area contributed by atoms with Gasteiger partial charge in [0.2, 0.25) is 0 Å². The van der Waals surface area contributed by atoms with Crippen LogP contribution in [0.3, 0.4) is 0 Å². The summed E-state index contributed by atoms with van der Waals surface area (Å²) in [6.45, 7) is 5.78. The lowest BCUT2D eigenvalue weighted by Crippen LogP contribution is -2.38. The maximum Gasteiger partial charge on any atom is 0.0377 e. The zero-order valence-corrected chi connectivity index (χ0v) is 12.9. The van der Waals surface area contributed by atoms with Gasteiger partial charge < -0.3 is 10.6 Å². The van der Waals surface area contributed by atoms with Gasteiger partial charge >= 0.3 is 0 Å². The third-order valence-corrected chi connectivity index (χ3v) is 5.11. The second-order valence-electron chi connectivity index (χ2n) is 6.79. The molecule has 1 aromatic rings. The average molecular weight is 272 g/mol. The van der Waals surface area contributed by atoms with Crippen molar-refractivity contribution in [2.24, 2.45) is 5.92 Å². The largest absolute Gasteiger partial charge is 0.382 e. The summed E-state index contributed by atoms with van der Waals surface area (Å²) in [4.78, 5) is 0. The van der Waals surface area contributed by atoms with Gasteiger partial charge in [-0.05, 0) is 55.7 Å². The molecular formula is C18H28N2. The molecule has 1 aliphatic heterocycles. The van der Waals surface area contributed by atoms with Crippen LogP contribution < -0.4 is 10.6 Å². The van der Waals surface area contributed by atoms with Gasteiger partial charge in [0.1, 0.15) is 0 Å². The molecule has 2 fully saturated rings. The Morgan fingerprint density at radius 1 is 1.10 bits per heavy atom. The number of benzene rings is 1. The van der Waals surface area contributed by atoms with Crippen LogP contribution in [0.1, 0.15) is 57.4 Å². The molecule has 110 valence electrons. The third-order valence-electron chi connectivity index (χ3n) is 5.11. The predicted octanol–water partition coefficient (Wildman–Crippen LogP) is 4.14. The van der Waals surface area contributed by atoms with Crippen LogP contribution in [0.25, 0.3) is 0 Å². The molecule has 1 aromatic carbocycles. The van der Waals surface area contributed by atoms with Crippen LogP contribution in [0, 0.1) is 5.92 Å². The van der Waals surface area contributed by atoms with E-state index in [-0.39, 0.29) is 0 Å². The molecule has 0 aromatic heterocycles. The molecule has 1 saturated carbocycles. The monoisotopic (exact) mass is 272 g/mol. The molecule has 1 saturated heterocycles. The Morgan fingerprint density at radius 2 is 1.95 bits per heavy atom.